The van der Waals surface area contributed by atoms with Crippen LogP contribution in [0.3, 0.4) is 0 Å². The molecule has 0 rings (SSSR count). The first-order chi connectivity index (χ1) is 9.29. The zero-order valence-corrected chi connectivity index (χ0v) is 12.5. The van der Waals surface area contributed by atoms with E-state index in [1.807, 2.05) is 6.92 Å². The molecule has 0 saturated heterocycles. The zero-order chi connectivity index (χ0) is 15.7. The van der Waals surface area contributed by atoms with Crippen LogP contribution >= 0.6 is 0 Å². The molecule has 0 aromatic rings. The molecule has 2 unspecified atom stereocenters. The van der Waals surface area contributed by atoms with Gasteiger partial charge in [0, 0.05) is 13.1 Å². The van der Waals surface area contributed by atoms with E-state index < -0.39 is 24.0 Å². The van der Waals surface area contributed by atoms with Crippen LogP contribution < -0.4 is 16.0 Å². The van der Waals surface area contributed by atoms with Crippen molar-refractivity contribution in [1.82, 2.24) is 16.0 Å². The highest BCUT2D eigenvalue weighted by atomic mass is 16.4. The van der Waals surface area contributed by atoms with Crippen LogP contribution in [-0.2, 0) is 9.59 Å². The first-order valence-electron chi connectivity index (χ1n) is 6.84. The van der Waals surface area contributed by atoms with Crippen LogP contribution in [0.25, 0.3) is 0 Å². The van der Waals surface area contributed by atoms with E-state index in [4.69, 9.17) is 5.11 Å². The predicted octanol–water partition coefficient (Wildman–Crippen LogP) is 0.557. The van der Waals surface area contributed by atoms with Crippen molar-refractivity contribution in [1.29, 1.82) is 0 Å². The normalized spacial score (nSPS) is 13.4. The topological polar surface area (TPSA) is 108 Å². The SMILES string of the molecule is CCCNC(=O)C(C)NC(=O)NCC(C(=O)O)C(C)C. The fourth-order valence-electron chi connectivity index (χ4n) is 1.53. The highest BCUT2D eigenvalue weighted by Crippen LogP contribution is 2.09. The van der Waals surface area contributed by atoms with E-state index in [9.17, 15) is 14.4 Å². The molecule has 0 aliphatic carbocycles. The van der Waals surface area contributed by atoms with E-state index >= 15 is 0 Å². The van der Waals surface area contributed by atoms with Crippen molar-refractivity contribution < 1.29 is 19.5 Å². The van der Waals surface area contributed by atoms with Gasteiger partial charge in [0.2, 0.25) is 5.91 Å². The summed E-state index contributed by atoms with van der Waals surface area (Å²) in [6, 6.07) is -1.21. The Morgan fingerprint density at radius 3 is 2.15 bits per heavy atom. The molecular formula is C13H25N3O4. The Morgan fingerprint density at radius 2 is 1.70 bits per heavy atom. The molecule has 0 aliphatic rings. The van der Waals surface area contributed by atoms with E-state index in [1.54, 1.807) is 20.8 Å². The van der Waals surface area contributed by atoms with Crippen molar-refractivity contribution in [2.45, 2.75) is 40.2 Å². The maximum atomic E-state index is 11.6. The van der Waals surface area contributed by atoms with Gasteiger partial charge in [-0.1, -0.05) is 20.8 Å². The van der Waals surface area contributed by atoms with Gasteiger partial charge in [-0.25, -0.2) is 4.79 Å². The highest BCUT2D eigenvalue weighted by molar-refractivity contribution is 5.86. The van der Waals surface area contributed by atoms with Gasteiger partial charge in [-0.3, -0.25) is 9.59 Å². The van der Waals surface area contributed by atoms with E-state index in [-0.39, 0.29) is 18.4 Å². The molecule has 0 bridgehead atoms. The number of carboxylic acid groups (broad SMARTS) is 1. The third-order valence-electron chi connectivity index (χ3n) is 2.89. The lowest BCUT2D eigenvalue weighted by atomic mass is 9.96. The predicted molar refractivity (Wildman–Crippen MR) is 75.3 cm³/mol. The minimum Gasteiger partial charge on any atom is -0.481 e. The number of nitrogens with one attached hydrogen (secondary N) is 3. The largest absolute Gasteiger partial charge is 0.481 e. The maximum Gasteiger partial charge on any atom is 0.315 e. The minimum atomic E-state index is -0.950. The molecular weight excluding hydrogens is 262 g/mol. The van der Waals surface area contributed by atoms with Crippen LogP contribution in [0.4, 0.5) is 4.79 Å². The second-order valence-electron chi connectivity index (χ2n) is 5.06. The van der Waals surface area contributed by atoms with Crippen LogP contribution in [0.15, 0.2) is 0 Å². The molecule has 0 spiro atoms. The lowest BCUT2D eigenvalue weighted by molar-refractivity contribution is -0.143. The minimum absolute atomic E-state index is 0.0299. The smallest absolute Gasteiger partial charge is 0.315 e. The molecule has 0 fully saturated rings. The first kappa shape index (κ1) is 18.2. The van der Waals surface area contributed by atoms with Crippen LogP contribution in [0.2, 0.25) is 0 Å². The van der Waals surface area contributed by atoms with E-state index in [2.05, 4.69) is 16.0 Å². The molecule has 0 heterocycles. The number of rotatable bonds is 8. The standard InChI is InChI=1S/C13H25N3O4/c1-5-6-14-11(17)9(4)16-13(20)15-7-10(8(2)3)12(18)19/h8-10H,5-7H2,1-4H3,(H,14,17)(H,18,19)(H2,15,16,20). The van der Waals surface area contributed by atoms with E-state index in [0.29, 0.717) is 6.54 Å². The molecule has 116 valence electrons. The summed E-state index contributed by atoms with van der Waals surface area (Å²) in [6.07, 6.45) is 0.819. The Kier molecular flexibility index (Phi) is 8.35. The van der Waals surface area contributed by atoms with Crippen LogP contribution in [0, 0.1) is 11.8 Å². The molecule has 0 aliphatic heterocycles. The van der Waals surface area contributed by atoms with Gasteiger partial charge < -0.3 is 21.1 Å². The molecule has 0 aromatic carbocycles. The van der Waals surface area contributed by atoms with Crippen molar-refractivity contribution >= 4 is 17.9 Å². The summed E-state index contributed by atoms with van der Waals surface area (Å²) in [7, 11) is 0. The summed E-state index contributed by atoms with van der Waals surface area (Å²) in [6.45, 7) is 7.65. The number of carbonyl (C=O) groups is 3. The lowest BCUT2D eigenvalue weighted by Crippen LogP contribution is -2.50. The molecule has 7 nitrogen and oxygen atoms in total. The van der Waals surface area contributed by atoms with Gasteiger partial charge in [-0.05, 0) is 19.3 Å². The number of urea groups is 1. The number of carbonyl (C=O) groups excluding carboxylic acids is 2. The molecule has 0 aromatic heterocycles. The van der Waals surface area contributed by atoms with Crippen molar-refractivity contribution in [3.05, 3.63) is 0 Å². The van der Waals surface area contributed by atoms with Gasteiger partial charge >= 0.3 is 12.0 Å². The Labute approximate surface area is 119 Å². The molecule has 0 saturated carbocycles. The summed E-state index contributed by atoms with van der Waals surface area (Å²) in [5, 5.41) is 16.6. The molecule has 7 heteroatoms. The van der Waals surface area contributed by atoms with Gasteiger partial charge in [-0.15, -0.1) is 0 Å². The average Bonchev–Trinajstić information content (AvgIpc) is 2.34. The molecule has 3 amide bonds. The summed E-state index contributed by atoms with van der Waals surface area (Å²) < 4.78 is 0. The Morgan fingerprint density at radius 1 is 1.10 bits per heavy atom. The van der Waals surface area contributed by atoms with Crippen LogP contribution in [0.1, 0.15) is 34.1 Å². The Balaban J connectivity index is 4.16. The van der Waals surface area contributed by atoms with Gasteiger partial charge in [-0.2, -0.15) is 0 Å². The fourth-order valence-corrected chi connectivity index (χ4v) is 1.53. The van der Waals surface area contributed by atoms with Crippen molar-refractivity contribution in [3.8, 4) is 0 Å². The van der Waals surface area contributed by atoms with Gasteiger partial charge in [0.05, 0.1) is 5.92 Å². The van der Waals surface area contributed by atoms with Gasteiger partial charge in [0.25, 0.3) is 0 Å². The fraction of sp³-hybridized carbons (Fsp3) is 0.769. The van der Waals surface area contributed by atoms with Crippen molar-refractivity contribution in [3.63, 3.8) is 0 Å². The number of amides is 3. The lowest BCUT2D eigenvalue weighted by Gasteiger charge is -2.18. The van der Waals surface area contributed by atoms with E-state index in [0.717, 1.165) is 6.42 Å². The molecule has 0 radical (unpaired) electrons. The number of aliphatic carboxylic acids is 1. The monoisotopic (exact) mass is 287 g/mol. The second kappa shape index (κ2) is 9.17. The number of hydrogen-bond donors (Lipinski definition) is 4. The third kappa shape index (κ3) is 6.96. The van der Waals surface area contributed by atoms with E-state index in [1.165, 1.54) is 0 Å². The quantitative estimate of drug-likeness (QED) is 0.523. The average molecular weight is 287 g/mol. The molecule has 4 N–H and O–H groups in total. The van der Waals surface area contributed by atoms with Crippen LogP contribution in [0.5, 0.6) is 0 Å². The Bertz CT molecular complexity index is 345. The molecule has 20 heavy (non-hydrogen) atoms. The summed E-state index contributed by atoms with van der Waals surface area (Å²) in [5.74, 6) is -1.95. The van der Waals surface area contributed by atoms with Crippen molar-refractivity contribution in [2.75, 3.05) is 13.1 Å². The number of carboxylic acids is 1. The summed E-state index contributed by atoms with van der Waals surface area (Å²) in [5.41, 5.74) is 0. The van der Waals surface area contributed by atoms with Crippen molar-refractivity contribution in [2.24, 2.45) is 11.8 Å². The van der Waals surface area contributed by atoms with Crippen LogP contribution in [-0.4, -0.2) is 42.1 Å². The van der Waals surface area contributed by atoms with Gasteiger partial charge in [0.15, 0.2) is 0 Å². The summed E-state index contributed by atoms with van der Waals surface area (Å²) >= 11 is 0. The number of hydrogen-bond acceptors (Lipinski definition) is 3. The Hall–Kier alpha value is -1.79. The highest BCUT2D eigenvalue weighted by Gasteiger charge is 2.22. The third-order valence-corrected chi connectivity index (χ3v) is 2.89. The molecule has 2 atom stereocenters. The summed E-state index contributed by atoms with van der Waals surface area (Å²) in [4.78, 5) is 34.1. The second-order valence-corrected chi connectivity index (χ2v) is 5.06. The first-order valence-corrected chi connectivity index (χ1v) is 6.84. The maximum absolute atomic E-state index is 11.6. The zero-order valence-electron chi connectivity index (χ0n) is 12.5. The van der Waals surface area contributed by atoms with Gasteiger partial charge in [0.1, 0.15) is 6.04 Å².